The Bertz CT molecular complexity index is 955. The Labute approximate surface area is 168 Å². The maximum absolute atomic E-state index is 12.5. The Morgan fingerprint density at radius 2 is 2.00 bits per heavy atom. The van der Waals surface area contributed by atoms with E-state index in [1.165, 1.54) is 16.4 Å². The van der Waals surface area contributed by atoms with E-state index in [4.69, 9.17) is 10.6 Å². The molecule has 0 saturated heterocycles. The lowest BCUT2D eigenvalue weighted by Crippen LogP contribution is -2.23. The lowest BCUT2D eigenvalue weighted by Gasteiger charge is -2.12. The average Bonchev–Trinajstić information content (AvgIpc) is 3.03. The van der Waals surface area contributed by atoms with E-state index in [1.807, 2.05) is 62.4 Å². The second-order valence-corrected chi connectivity index (χ2v) is 7.56. The fraction of sp³-hybridized carbons (Fsp3) is 0.250. The van der Waals surface area contributed by atoms with Crippen LogP contribution in [0, 0.1) is 6.92 Å². The third-order valence-electron chi connectivity index (χ3n) is 4.03. The SMILES string of the molecule is CCOc1ccc(-c2nnc(S[C@@H](C)C(=O)Nc3cccc(C)c3)n2N)cc1. The molecule has 3 aromatic rings. The van der Waals surface area contributed by atoms with Crippen LogP contribution >= 0.6 is 11.8 Å². The molecule has 146 valence electrons. The number of nitrogens with two attached hydrogens (primary N) is 1. The minimum atomic E-state index is -0.389. The summed E-state index contributed by atoms with van der Waals surface area (Å²) < 4.78 is 6.84. The Hall–Kier alpha value is -3.00. The molecule has 0 radical (unpaired) electrons. The van der Waals surface area contributed by atoms with Crippen molar-refractivity contribution in [1.29, 1.82) is 0 Å². The Kier molecular flexibility index (Phi) is 6.20. The normalized spacial score (nSPS) is 11.8. The van der Waals surface area contributed by atoms with Gasteiger partial charge in [0, 0.05) is 11.3 Å². The number of carbonyl (C=O) groups excluding carboxylic acids is 1. The largest absolute Gasteiger partial charge is 0.494 e. The molecule has 1 amide bonds. The number of carbonyl (C=O) groups is 1. The number of hydrogen-bond acceptors (Lipinski definition) is 6. The monoisotopic (exact) mass is 397 g/mol. The average molecular weight is 398 g/mol. The smallest absolute Gasteiger partial charge is 0.237 e. The molecule has 2 aromatic carbocycles. The summed E-state index contributed by atoms with van der Waals surface area (Å²) in [5.74, 6) is 7.34. The summed E-state index contributed by atoms with van der Waals surface area (Å²) in [5, 5.41) is 11.3. The number of nitrogens with zero attached hydrogens (tertiary/aromatic N) is 3. The molecular weight excluding hydrogens is 374 g/mol. The van der Waals surface area contributed by atoms with Gasteiger partial charge in [-0.2, -0.15) is 0 Å². The highest BCUT2D eigenvalue weighted by Crippen LogP contribution is 2.26. The number of aromatic nitrogens is 3. The van der Waals surface area contributed by atoms with Crippen LogP contribution in [0.25, 0.3) is 11.4 Å². The van der Waals surface area contributed by atoms with Gasteiger partial charge in [-0.25, -0.2) is 4.68 Å². The van der Waals surface area contributed by atoms with Crippen LogP contribution in [0.15, 0.2) is 53.7 Å². The number of ether oxygens (including phenoxy) is 1. The molecule has 3 rings (SSSR count). The molecule has 0 unspecified atom stereocenters. The summed E-state index contributed by atoms with van der Waals surface area (Å²) in [6.07, 6.45) is 0. The molecule has 0 aliphatic carbocycles. The van der Waals surface area contributed by atoms with Gasteiger partial charge in [-0.3, -0.25) is 4.79 Å². The van der Waals surface area contributed by atoms with E-state index >= 15 is 0 Å². The van der Waals surface area contributed by atoms with E-state index in [9.17, 15) is 4.79 Å². The van der Waals surface area contributed by atoms with E-state index in [2.05, 4.69) is 15.5 Å². The maximum Gasteiger partial charge on any atom is 0.237 e. The first kappa shape index (κ1) is 19.8. The van der Waals surface area contributed by atoms with Crippen LogP contribution in [0.1, 0.15) is 19.4 Å². The lowest BCUT2D eigenvalue weighted by atomic mass is 10.2. The van der Waals surface area contributed by atoms with Crippen molar-refractivity contribution in [2.45, 2.75) is 31.2 Å². The molecule has 0 aliphatic rings. The summed E-state index contributed by atoms with van der Waals surface area (Å²) in [6.45, 7) is 6.33. The van der Waals surface area contributed by atoms with Gasteiger partial charge in [-0.15, -0.1) is 10.2 Å². The second kappa shape index (κ2) is 8.79. The highest BCUT2D eigenvalue weighted by Gasteiger charge is 2.20. The Balaban J connectivity index is 1.68. The number of amides is 1. The molecule has 3 N–H and O–H groups in total. The summed E-state index contributed by atoms with van der Waals surface area (Å²) >= 11 is 1.26. The zero-order valence-corrected chi connectivity index (χ0v) is 16.9. The first-order valence-electron chi connectivity index (χ1n) is 8.96. The van der Waals surface area contributed by atoms with Crippen LogP contribution < -0.4 is 15.9 Å². The van der Waals surface area contributed by atoms with Crippen molar-refractivity contribution in [1.82, 2.24) is 14.9 Å². The van der Waals surface area contributed by atoms with Crippen molar-refractivity contribution < 1.29 is 9.53 Å². The van der Waals surface area contributed by atoms with Gasteiger partial charge in [0.2, 0.25) is 11.1 Å². The summed E-state index contributed by atoms with van der Waals surface area (Å²) in [7, 11) is 0. The van der Waals surface area contributed by atoms with E-state index in [1.54, 1.807) is 6.92 Å². The van der Waals surface area contributed by atoms with Crippen LogP contribution in [0.5, 0.6) is 5.75 Å². The summed E-state index contributed by atoms with van der Waals surface area (Å²) in [6, 6.07) is 15.1. The predicted octanol–water partition coefficient (Wildman–Crippen LogP) is 3.49. The maximum atomic E-state index is 12.5. The van der Waals surface area contributed by atoms with Crippen LogP contribution in [0.4, 0.5) is 5.69 Å². The summed E-state index contributed by atoms with van der Waals surface area (Å²) in [5.41, 5.74) is 2.67. The van der Waals surface area contributed by atoms with Crippen molar-refractivity contribution in [3.63, 3.8) is 0 Å². The van der Waals surface area contributed by atoms with Gasteiger partial charge in [0.05, 0.1) is 11.9 Å². The number of rotatable bonds is 7. The van der Waals surface area contributed by atoms with Gasteiger partial charge < -0.3 is 15.9 Å². The highest BCUT2D eigenvalue weighted by molar-refractivity contribution is 8.00. The molecule has 0 spiro atoms. The van der Waals surface area contributed by atoms with Crippen LogP contribution in [0.2, 0.25) is 0 Å². The lowest BCUT2D eigenvalue weighted by molar-refractivity contribution is -0.115. The third kappa shape index (κ3) is 4.64. The zero-order chi connectivity index (χ0) is 20.1. The third-order valence-corrected chi connectivity index (χ3v) is 5.08. The van der Waals surface area contributed by atoms with E-state index < -0.39 is 0 Å². The predicted molar refractivity (Wildman–Crippen MR) is 112 cm³/mol. The first-order chi connectivity index (χ1) is 13.5. The molecule has 1 heterocycles. The minimum absolute atomic E-state index is 0.124. The number of thioether (sulfide) groups is 1. The topological polar surface area (TPSA) is 95.1 Å². The standard InChI is InChI=1S/C20H23N5O2S/c1-4-27-17-10-8-15(9-11-17)18-23-24-20(25(18)21)28-14(3)19(26)22-16-7-5-6-13(2)12-16/h5-12,14H,4,21H2,1-3H3,(H,22,26)/t14-/m0/s1. The highest BCUT2D eigenvalue weighted by atomic mass is 32.2. The number of hydrogen-bond donors (Lipinski definition) is 2. The first-order valence-corrected chi connectivity index (χ1v) is 9.83. The van der Waals surface area contributed by atoms with Gasteiger partial charge in [-0.1, -0.05) is 23.9 Å². The van der Waals surface area contributed by atoms with Crippen LogP contribution in [-0.4, -0.2) is 32.6 Å². The molecule has 0 bridgehead atoms. The number of nitrogen functional groups attached to an aromatic ring is 1. The second-order valence-electron chi connectivity index (χ2n) is 6.25. The number of anilines is 1. The quantitative estimate of drug-likeness (QED) is 0.468. The molecule has 0 aliphatic heterocycles. The summed E-state index contributed by atoms with van der Waals surface area (Å²) in [4.78, 5) is 12.5. The molecule has 28 heavy (non-hydrogen) atoms. The number of benzene rings is 2. The van der Waals surface area contributed by atoms with Crippen molar-refractivity contribution in [3.05, 3.63) is 54.1 Å². The number of nitrogens with one attached hydrogen (secondary N) is 1. The van der Waals surface area contributed by atoms with E-state index in [0.717, 1.165) is 22.6 Å². The van der Waals surface area contributed by atoms with Crippen molar-refractivity contribution >= 4 is 23.4 Å². The van der Waals surface area contributed by atoms with Crippen LogP contribution in [0.3, 0.4) is 0 Å². The molecule has 0 saturated carbocycles. The van der Waals surface area contributed by atoms with Gasteiger partial charge in [0.1, 0.15) is 5.75 Å². The van der Waals surface area contributed by atoms with Crippen molar-refractivity contribution in [3.8, 4) is 17.1 Å². The van der Waals surface area contributed by atoms with E-state index in [-0.39, 0.29) is 11.2 Å². The number of aryl methyl sites for hydroxylation is 1. The van der Waals surface area contributed by atoms with Crippen molar-refractivity contribution in [2.75, 3.05) is 17.8 Å². The Morgan fingerprint density at radius 1 is 1.25 bits per heavy atom. The molecule has 0 fully saturated rings. The molecular formula is C20H23N5O2S. The molecule has 8 heteroatoms. The fourth-order valence-electron chi connectivity index (χ4n) is 2.60. The minimum Gasteiger partial charge on any atom is -0.494 e. The van der Waals surface area contributed by atoms with Gasteiger partial charge in [0.25, 0.3) is 0 Å². The van der Waals surface area contributed by atoms with Gasteiger partial charge in [0.15, 0.2) is 5.82 Å². The van der Waals surface area contributed by atoms with Gasteiger partial charge >= 0.3 is 0 Å². The van der Waals surface area contributed by atoms with Gasteiger partial charge in [-0.05, 0) is 62.7 Å². The van der Waals surface area contributed by atoms with Crippen LogP contribution in [-0.2, 0) is 4.79 Å². The fourth-order valence-corrected chi connectivity index (χ4v) is 3.37. The Morgan fingerprint density at radius 3 is 2.68 bits per heavy atom. The van der Waals surface area contributed by atoms with Crippen molar-refractivity contribution in [2.24, 2.45) is 0 Å². The molecule has 1 aromatic heterocycles. The molecule has 1 atom stereocenters. The van der Waals surface area contributed by atoms with E-state index in [0.29, 0.717) is 17.6 Å². The zero-order valence-electron chi connectivity index (χ0n) is 16.0. The molecule has 7 nitrogen and oxygen atoms in total.